The van der Waals surface area contributed by atoms with Crippen LogP contribution in [0, 0.1) is 0 Å². The van der Waals surface area contributed by atoms with Crippen molar-refractivity contribution in [1.82, 2.24) is 4.98 Å². The maximum atomic E-state index is 12.7. The molecule has 0 spiro atoms. The minimum atomic E-state index is -5.53. The average Bonchev–Trinajstić information content (AvgIpc) is 2.25. The van der Waals surface area contributed by atoms with Crippen LogP contribution < -0.4 is 4.74 Å². The number of nitrogens with zero attached hydrogens (tertiary/aromatic N) is 1. The molecule has 5 nitrogen and oxygen atoms in total. The van der Waals surface area contributed by atoms with Crippen LogP contribution in [0.3, 0.4) is 0 Å². The molecule has 118 valence electrons. The van der Waals surface area contributed by atoms with Crippen molar-refractivity contribution in [3.05, 3.63) is 17.5 Å². The van der Waals surface area contributed by atoms with Gasteiger partial charge in [-0.3, -0.25) is 0 Å². The van der Waals surface area contributed by atoms with E-state index in [2.05, 4.69) is 14.5 Å². The highest BCUT2D eigenvalue weighted by Gasteiger charge is 2.44. The molecule has 0 bridgehead atoms. The molecule has 1 aromatic rings. The Balaban J connectivity index is 3.55. The first kappa shape index (κ1) is 16.9. The van der Waals surface area contributed by atoms with Gasteiger partial charge in [0.25, 0.3) is 0 Å². The number of rotatable bonds is 3. The fourth-order valence-electron chi connectivity index (χ4n) is 1.32. The van der Waals surface area contributed by atoms with Gasteiger partial charge in [0.1, 0.15) is 11.3 Å². The molecule has 0 fully saturated rings. The summed E-state index contributed by atoms with van der Waals surface area (Å²) >= 11 is 0. The fraction of sp³-hybridized carbons (Fsp3) is 0.400. The summed E-state index contributed by atoms with van der Waals surface area (Å²) in [6.45, 7) is 0.974. The lowest BCUT2D eigenvalue weighted by atomic mass is 10.1. The summed E-state index contributed by atoms with van der Waals surface area (Å²) in [6.07, 6.45) is -10.8. The van der Waals surface area contributed by atoms with Crippen molar-refractivity contribution >= 4 is 5.97 Å². The van der Waals surface area contributed by atoms with Gasteiger partial charge in [0, 0.05) is 0 Å². The predicted octanol–water partition coefficient (Wildman–Crippen LogP) is 2.88. The highest BCUT2D eigenvalue weighted by atomic mass is 19.4. The lowest BCUT2D eigenvalue weighted by Crippen LogP contribution is -2.23. The smallest absolute Gasteiger partial charge is 0.506 e. The minimum absolute atomic E-state index is 0.179. The average molecular weight is 319 g/mol. The van der Waals surface area contributed by atoms with Gasteiger partial charge >= 0.3 is 18.5 Å². The van der Waals surface area contributed by atoms with Crippen LogP contribution in [-0.2, 0) is 10.9 Å². The van der Waals surface area contributed by atoms with Crippen LogP contribution in [-0.4, -0.2) is 29.0 Å². The van der Waals surface area contributed by atoms with Crippen LogP contribution in [0.2, 0.25) is 0 Å². The van der Waals surface area contributed by atoms with Gasteiger partial charge in [0.2, 0.25) is 0 Å². The monoisotopic (exact) mass is 319 g/mol. The SMILES string of the molecule is CCOC(=O)c1ncc(O)c(C(F)(F)F)c1OC(F)(F)F. The van der Waals surface area contributed by atoms with Gasteiger partial charge in [-0.2, -0.15) is 13.2 Å². The second-order valence-electron chi connectivity index (χ2n) is 3.46. The molecule has 1 aromatic heterocycles. The maximum absolute atomic E-state index is 12.7. The molecule has 0 unspecified atom stereocenters. The molecule has 0 aliphatic heterocycles. The van der Waals surface area contributed by atoms with Crippen molar-refractivity contribution in [3.63, 3.8) is 0 Å². The number of halogens is 6. The van der Waals surface area contributed by atoms with Gasteiger partial charge in [-0.05, 0) is 6.92 Å². The highest BCUT2D eigenvalue weighted by Crippen LogP contribution is 2.44. The molecule has 1 heterocycles. The molecule has 0 amide bonds. The molecule has 0 saturated heterocycles. The number of pyridine rings is 1. The first-order valence-corrected chi connectivity index (χ1v) is 5.19. The van der Waals surface area contributed by atoms with Crippen molar-refractivity contribution in [3.8, 4) is 11.5 Å². The van der Waals surface area contributed by atoms with Crippen molar-refractivity contribution in [2.45, 2.75) is 19.5 Å². The Morgan fingerprint density at radius 3 is 2.29 bits per heavy atom. The summed E-state index contributed by atoms with van der Waals surface area (Å²) in [5.74, 6) is -5.13. The number of carbonyl (C=O) groups is 1. The van der Waals surface area contributed by atoms with E-state index in [1.54, 1.807) is 0 Å². The molecule has 0 radical (unpaired) electrons. The molecule has 21 heavy (non-hydrogen) atoms. The summed E-state index contributed by atoms with van der Waals surface area (Å²) in [7, 11) is 0. The molecule has 0 atom stereocenters. The van der Waals surface area contributed by atoms with Crippen molar-refractivity contribution in [2.24, 2.45) is 0 Å². The number of esters is 1. The van der Waals surface area contributed by atoms with E-state index in [0.717, 1.165) is 0 Å². The standard InChI is InChI=1S/C10H7F6NO4/c1-2-20-8(19)6-7(21-10(14,15)16)5(9(11,12)13)4(18)3-17-6/h3,18H,2H2,1H3. The Kier molecular flexibility index (Phi) is 4.54. The highest BCUT2D eigenvalue weighted by molar-refractivity contribution is 5.91. The number of aromatic hydroxyl groups is 1. The Morgan fingerprint density at radius 1 is 1.29 bits per heavy atom. The third-order valence-electron chi connectivity index (χ3n) is 1.98. The maximum Gasteiger partial charge on any atom is 0.573 e. The van der Waals surface area contributed by atoms with Crippen molar-refractivity contribution in [1.29, 1.82) is 0 Å². The van der Waals surface area contributed by atoms with E-state index in [1.807, 2.05) is 0 Å². The molecule has 0 aromatic carbocycles. The third kappa shape index (κ3) is 4.13. The van der Waals surface area contributed by atoms with E-state index in [0.29, 0.717) is 0 Å². The summed E-state index contributed by atoms with van der Waals surface area (Å²) in [4.78, 5) is 14.4. The Bertz CT molecular complexity index is 540. The lowest BCUT2D eigenvalue weighted by molar-refractivity contribution is -0.276. The number of alkyl halides is 6. The molecular weight excluding hydrogens is 312 g/mol. The van der Waals surface area contributed by atoms with Gasteiger partial charge in [-0.1, -0.05) is 0 Å². The Morgan fingerprint density at radius 2 is 1.86 bits per heavy atom. The van der Waals surface area contributed by atoms with Crippen LogP contribution >= 0.6 is 0 Å². The largest absolute Gasteiger partial charge is 0.573 e. The van der Waals surface area contributed by atoms with Crippen molar-refractivity contribution < 1.29 is 45.7 Å². The number of ether oxygens (including phenoxy) is 2. The van der Waals surface area contributed by atoms with E-state index in [9.17, 15) is 31.1 Å². The van der Waals surface area contributed by atoms with E-state index >= 15 is 0 Å². The van der Waals surface area contributed by atoms with Crippen LogP contribution in [0.4, 0.5) is 26.3 Å². The summed E-state index contributed by atoms with van der Waals surface area (Å²) in [5, 5.41) is 9.08. The van der Waals surface area contributed by atoms with E-state index in [1.165, 1.54) is 6.92 Å². The zero-order valence-electron chi connectivity index (χ0n) is 10.2. The van der Waals surface area contributed by atoms with Gasteiger partial charge in [-0.15, -0.1) is 13.2 Å². The first-order valence-electron chi connectivity index (χ1n) is 5.19. The van der Waals surface area contributed by atoms with Crippen LogP contribution in [0.1, 0.15) is 23.0 Å². The summed E-state index contributed by atoms with van der Waals surface area (Å²) in [5.41, 5.74) is -3.52. The number of hydrogen-bond acceptors (Lipinski definition) is 5. The second-order valence-corrected chi connectivity index (χ2v) is 3.46. The summed E-state index contributed by atoms with van der Waals surface area (Å²) < 4.78 is 82.3. The van der Waals surface area contributed by atoms with E-state index in [4.69, 9.17) is 5.11 Å². The first-order chi connectivity index (χ1) is 9.47. The van der Waals surface area contributed by atoms with Crippen LogP contribution in [0.5, 0.6) is 11.5 Å². The van der Waals surface area contributed by atoms with Gasteiger partial charge in [0.05, 0.1) is 12.8 Å². The van der Waals surface area contributed by atoms with E-state index in [-0.39, 0.29) is 12.8 Å². The zero-order valence-corrected chi connectivity index (χ0v) is 10.2. The fourth-order valence-corrected chi connectivity index (χ4v) is 1.32. The number of hydrogen-bond donors (Lipinski definition) is 1. The molecule has 1 rings (SSSR count). The molecule has 0 aliphatic rings. The normalized spacial score (nSPS) is 12.1. The molecule has 0 aliphatic carbocycles. The Hall–Kier alpha value is -2.20. The minimum Gasteiger partial charge on any atom is -0.506 e. The van der Waals surface area contributed by atoms with Gasteiger partial charge < -0.3 is 14.6 Å². The zero-order chi connectivity index (χ0) is 16.4. The van der Waals surface area contributed by atoms with Gasteiger partial charge in [0.15, 0.2) is 11.4 Å². The van der Waals surface area contributed by atoms with E-state index < -0.39 is 41.3 Å². The molecule has 1 N–H and O–H groups in total. The van der Waals surface area contributed by atoms with Crippen molar-refractivity contribution in [2.75, 3.05) is 6.61 Å². The number of carbonyl (C=O) groups excluding carboxylic acids is 1. The quantitative estimate of drug-likeness (QED) is 0.685. The summed E-state index contributed by atoms with van der Waals surface area (Å²) in [6, 6.07) is 0. The molecule has 0 saturated carbocycles. The Labute approximate surface area is 113 Å². The lowest BCUT2D eigenvalue weighted by Gasteiger charge is -2.18. The second kappa shape index (κ2) is 5.66. The predicted molar refractivity (Wildman–Crippen MR) is 53.5 cm³/mol. The number of aromatic nitrogens is 1. The van der Waals surface area contributed by atoms with Crippen LogP contribution in [0.25, 0.3) is 0 Å². The third-order valence-corrected chi connectivity index (χ3v) is 1.98. The topological polar surface area (TPSA) is 68.7 Å². The molecular formula is C10H7F6NO4. The molecule has 11 heteroatoms. The van der Waals surface area contributed by atoms with Gasteiger partial charge in [-0.25, -0.2) is 9.78 Å². The van der Waals surface area contributed by atoms with Crippen LogP contribution in [0.15, 0.2) is 6.20 Å².